The molecule has 1 aromatic rings. The quantitative estimate of drug-likeness (QED) is 0.711. The van der Waals surface area contributed by atoms with Crippen molar-refractivity contribution < 1.29 is 0 Å². The van der Waals surface area contributed by atoms with Crippen molar-refractivity contribution in [3.05, 3.63) is 82.6 Å². The molecule has 0 aliphatic heterocycles. The Bertz CT molecular complexity index is 593. The minimum absolute atomic E-state index is 0.777. The first kappa shape index (κ1) is 15.7. The van der Waals surface area contributed by atoms with Gasteiger partial charge in [-0.25, -0.2) is 0 Å². The molecule has 0 unspecified atom stereocenters. The summed E-state index contributed by atoms with van der Waals surface area (Å²) >= 11 is 6.00. The van der Waals surface area contributed by atoms with Gasteiger partial charge in [0.2, 0.25) is 0 Å². The van der Waals surface area contributed by atoms with Crippen LogP contribution in [0.25, 0.3) is 0 Å². The van der Waals surface area contributed by atoms with Crippen molar-refractivity contribution in [2.45, 2.75) is 26.2 Å². The first-order valence-electron chi connectivity index (χ1n) is 7.33. The molecule has 110 valence electrons. The fraction of sp³-hybridized carbons (Fsp3) is 0.263. The Hall–Kier alpha value is -1.73. The highest BCUT2D eigenvalue weighted by Gasteiger charge is 1.99. The van der Waals surface area contributed by atoms with E-state index >= 15 is 0 Å². The maximum Gasteiger partial charge on any atom is 0.0408 e. The van der Waals surface area contributed by atoms with Crippen molar-refractivity contribution in [1.29, 1.82) is 0 Å². The van der Waals surface area contributed by atoms with Crippen molar-refractivity contribution >= 4 is 11.6 Å². The predicted molar refractivity (Wildman–Crippen MR) is 92.5 cm³/mol. The van der Waals surface area contributed by atoms with E-state index in [4.69, 9.17) is 11.6 Å². The highest BCUT2D eigenvalue weighted by molar-refractivity contribution is 6.30. The van der Waals surface area contributed by atoms with Gasteiger partial charge in [0.1, 0.15) is 0 Å². The fourth-order valence-electron chi connectivity index (χ4n) is 2.35. The molecule has 1 aliphatic rings. The molecular formula is C19H22ClN. The predicted octanol–water partition coefficient (Wildman–Crippen LogP) is 5.21. The molecule has 0 radical (unpaired) electrons. The third-order valence-corrected chi connectivity index (χ3v) is 3.57. The molecule has 1 aliphatic carbocycles. The third kappa shape index (κ3) is 5.65. The van der Waals surface area contributed by atoms with Crippen LogP contribution in [0.15, 0.2) is 72.0 Å². The Morgan fingerprint density at radius 1 is 1.38 bits per heavy atom. The van der Waals surface area contributed by atoms with Crippen LogP contribution in [0, 0.1) is 0 Å². The standard InChI is InChI=1S/C19H22ClN/c1-15(12-17-7-6-8-18(20)13-17)11-16(2)14-21-19-9-4-3-5-10-19/h4,6-11,13,21H,1,3,5,12,14H2,2H3/b16-11+. The SMILES string of the molecule is C=C(/C=C(\C)CNC1=CCCC=C1)Cc1cccc(Cl)c1. The Balaban J connectivity index is 1.85. The fourth-order valence-corrected chi connectivity index (χ4v) is 2.56. The van der Waals surface area contributed by atoms with Crippen LogP contribution in [-0.4, -0.2) is 6.54 Å². The van der Waals surface area contributed by atoms with Gasteiger partial charge in [0, 0.05) is 17.3 Å². The lowest BCUT2D eigenvalue weighted by Gasteiger charge is -2.11. The average molecular weight is 300 g/mol. The van der Waals surface area contributed by atoms with E-state index in [1.807, 2.05) is 18.2 Å². The summed E-state index contributed by atoms with van der Waals surface area (Å²) in [5.74, 6) is 0. The molecule has 0 spiro atoms. The van der Waals surface area contributed by atoms with Crippen molar-refractivity contribution in [3.8, 4) is 0 Å². The van der Waals surface area contributed by atoms with Gasteiger partial charge in [-0.15, -0.1) is 0 Å². The van der Waals surface area contributed by atoms with Crippen LogP contribution < -0.4 is 5.32 Å². The highest BCUT2D eigenvalue weighted by Crippen LogP contribution is 2.15. The number of allylic oxidation sites excluding steroid dienone is 5. The molecule has 0 bridgehead atoms. The summed E-state index contributed by atoms with van der Waals surface area (Å²) in [5, 5.41) is 4.22. The van der Waals surface area contributed by atoms with Crippen LogP contribution in [0.5, 0.6) is 0 Å². The van der Waals surface area contributed by atoms with Crippen molar-refractivity contribution in [1.82, 2.24) is 5.32 Å². The molecule has 0 aromatic heterocycles. The van der Waals surface area contributed by atoms with E-state index in [0.717, 1.165) is 36.4 Å². The molecule has 0 atom stereocenters. The smallest absolute Gasteiger partial charge is 0.0408 e. The van der Waals surface area contributed by atoms with Crippen LogP contribution >= 0.6 is 11.6 Å². The number of nitrogens with one attached hydrogen (secondary N) is 1. The monoisotopic (exact) mass is 299 g/mol. The normalized spacial score (nSPS) is 14.8. The summed E-state index contributed by atoms with van der Waals surface area (Å²) in [5.41, 5.74) is 4.79. The van der Waals surface area contributed by atoms with Gasteiger partial charge in [-0.1, -0.05) is 59.7 Å². The van der Waals surface area contributed by atoms with Crippen LogP contribution in [0.4, 0.5) is 0 Å². The molecule has 0 amide bonds. The molecular weight excluding hydrogens is 278 g/mol. The van der Waals surface area contributed by atoms with Crippen LogP contribution in [0.2, 0.25) is 5.02 Å². The first-order chi connectivity index (χ1) is 10.1. The zero-order valence-corrected chi connectivity index (χ0v) is 13.3. The Morgan fingerprint density at radius 3 is 2.95 bits per heavy atom. The van der Waals surface area contributed by atoms with E-state index in [1.165, 1.54) is 16.8 Å². The number of halogens is 1. The van der Waals surface area contributed by atoms with E-state index in [1.54, 1.807) is 0 Å². The van der Waals surface area contributed by atoms with E-state index in [0.29, 0.717) is 0 Å². The van der Waals surface area contributed by atoms with Crippen molar-refractivity contribution in [2.75, 3.05) is 6.54 Å². The summed E-state index contributed by atoms with van der Waals surface area (Å²) in [4.78, 5) is 0. The number of hydrogen-bond donors (Lipinski definition) is 1. The molecule has 0 heterocycles. The summed E-state index contributed by atoms with van der Waals surface area (Å²) in [6, 6.07) is 7.94. The molecule has 1 N–H and O–H groups in total. The van der Waals surface area contributed by atoms with Gasteiger partial charge in [-0.05, 0) is 50.0 Å². The molecule has 1 nitrogen and oxygen atoms in total. The average Bonchev–Trinajstić information content (AvgIpc) is 2.46. The lowest BCUT2D eigenvalue weighted by atomic mass is 10.0. The van der Waals surface area contributed by atoms with Gasteiger partial charge in [-0.3, -0.25) is 0 Å². The minimum atomic E-state index is 0.777. The van der Waals surface area contributed by atoms with Gasteiger partial charge in [0.15, 0.2) is 0 Å². The number of benzene rings is 1. The van der Waals surface area contributed by atoms with Gasteiger partial charge >= 0.3 is 0 Å². The molecule has 0 saturated heterocycles. The zero-order chi connectivity index (χ0) is 15.1. The van der Waals surface area contributed by atoms with Gasteiger partial charge in [0.25, 0.3) is 0 Å². The number of rotatable bonds is 6. The summed E-state index contributed by atoms with van der Waals surface area (Å²) in [6.07, 6.45) is 11.9. The van der Waals surface area contributed by atoms with E-state index < -0.39 is 0 Å². The summed E-state index contributed by atoms with van der Waals surface area (Å²) in [7, 11) is 0. The largest absolute Gasteiger partial charge is 0.382 e. The van der Waals surface area contributed by atoms with Crippen LogP contribution in [0.1, 0.15) is 25.3 Å². The minimum Gasteiger partial charge on any atom is -0.382 e. The molecule has 0 saturated carbocycles. The molecule has 2 rings (SSSR count). The topological polar surface area (TPSA) is 12.0 Å². The highest BCUT2D eigenvalue weighted by atomic mass is 35.5. The second-order valence-electron chi connectivity index (χ2n) is 5.45. The maximum atomic E-state index is 6.00. The van der Waals surface area contributed by atoms with Crippen molar-refractivity contribution in [2.24, 2.45) is 0 Å². The van der Waals surface area contributed by atoms with Gasteiger partial charge in [0.05, 0.1) is 0 Å². The van der Waals surface area contributed by atoms with E-state index in [2.05, 4.69) is 49.2 Å². The number of hydrogen-bond acceptors (Lipinski definition) is 1. The molecule has 1 aromatic carbocycles. The Labute approximate surface area is 132 Å². The molecule has 2 heteroatoms. The Kier molecular flexibility index (Phi) is 5.89. The lowest BCUT2D eigenvalue weighted by Crippen LogP contribution is -2.15. The van der Waals surface area contributed by atoms with Crippen LogP contribution in [0.3, 0.4) is 0 Å². The lowest BCUT2D eigenvalue weighted by molar-refractivity contribution is 0.862. The van der Waals surface area contributed by atoms with E-state index in [9.17, 15) is 0 Å². The summed E-state index contributed by atoms with van der Waals surface area (Å²) in [6.45, 7) is 7.12. The maximum absolute atomic E-state index is 6.00. The second-order valence-corrected chi connectivity index (χ2v) is 5.88. The summed E-state index contributed by atoms with van der Waals surface area (Å²) < 4.78 is 0. The molecule has 0 fully saturated rings. The van der Waals surface area contributed by atoms with Crippen molar-refractivity contribution in [3.63, 3.8) is 0 Å². The Morgan fingerprint density at radius 2 is 2.24 bits per heavy atom. The van der Waals surface area contributed by atoms with Gasteiger partial charge in [-0.2, -0.15) is 0 Å². The van der Waals surface area contributed by atoms with E-state index in [-0.39, 0.29) is 0 Å². The third-order valence-electron chi connectivity index (χ3n) is 3.34. The van der Waals surface area contributed by atoms with Crippen LogP contribution in [-0.2, 0) is 6.42 Å². The molecule has 21 heavy (non-hydrogen) atoms. The van der Waals surface area contributed by atoms with Gasteiger partial charge < -0.3 is 5.32 Å². The zero-order valence-electron chi connectivity index (χ0n) is 12.5. The second kappa shape index (κ2) is 7.90. The first-order valence-corrected chi connectivity index (χ1v) is 7.71.